The van der Waals surface area contributed by atoms with E-state index in [1.165, 1.54) is 16.0 Å². The molecule has 4 atom stereocenters. The molecule has 8 rings (SSSR count). The molecule has 1 spiro atoms. The number of likely N-dealkylation sites (tertiary alicyclic amines) is 2. The summed E-state index contributed by atoms with van der Waals surface area (Å²) in [7, 11) is 3.29. The maximum atomic E-state index is 14.7. The van der Waals surface area contributed by atoms with Gasteiger partial charge < -0.3 is 34.1 Å². The number of methoxy groups -OCH3 is 1. The van der Waals surface area contributed by atoms with Crippen LogP contribution in [-0.4, -0.2) is 135 Å². The van der Waals surface area contributed by atoms with Crippen molar-refractivity contribution < 1.29 is 33.4 Å². The highest BCUT2D eigenvalue weighted by atomic mass is 16.5. The van der Waals surface area contributed by atoms with Crippen LogP contribution in [0.3, 0.4) is 0 Å². The molecule has 0 saturated carbocycles. The Morgan fingerprint density at radius 1 is 1.09 bits per heavy atom. The molecule has 1 aromatic carbocycles. The first-order chi connectivity index (χ1) is 32.0. The lowest BCUT2D eigenvalue weighted by molar-refractivity contribution is -0.155. The molecular formula is C51H65N9O7. The number of urea groups is 1. The summed E-state index contributed by atoms with van der Waals surface area (Å²) in [5.74, 6) is -1.89. The molecular weight excluding hydrogens is 851 g/mol. The van der Waals surface area contributed by atoms with Gasteiger partial charge in [-0.3, -0.25) is 34.2 Å². The number of carbonyl (C=O) groups is 5. The topological polar surface area (TPSA) is 172 Å². The van der Waals surface area contributed by atoms with Crippen molar-refractivity contribution in [1.82, 2.24) is 45.0 Å². The molecule has 67 heavy (non-hydrogen) atoms. The number of fused-ring (bicyclic) bond motifs is 6. The lowest BCUT2D eigenvalue weighted by Crippen LogP contribution is -2.79. The van der Waals surface area contributed by atoms with Crippen LogP contribution in [0, 0.1) is 11.3 Å². The second-order valence-corrected chi connectivity index (χ2v) is 19.8. The lowest BCUT2D eigenvalue weighted by Gasteiger charge is -2.62. The zero-order chi connectivity index (χ0) is 47.9. The van der Waals surface area contributed by atoms with Crippen molar-refractivity contribution in [3.8, 4) is 22.5 Å². The van der Waals surface area contributed by atoms with E-state index < -0.39 is 46.9 Å². The van der Waals surface area contributed by atoms with Gasteiger partial charge in [0.05, 0.1) is 35.3 Å². The Labute approximate surface area is 393 Å². The number of likely N-dealkylation sites (N-methyl/N-ethyl adjacent to an activating group) is 1. The third-order valence-corrected chi connectivity index (χ3v) is 14.1. The predicted octanol–water partition coefficient (Wildman–Crippen LogP) is 5.69. The molecule has 3 saturated heterocycles. The molecule has 2 N–H and O–H groups in total. The minimum Gasteiger partial charge on any atom is -0.464 e. The summed E-state index contributed by atoms with van der Waals surface area (Å²) in [6.45, 7) is 18.1. The van der Waals surface area contributed by atoms with E-state index in [4.69, 9.17) is 19.4 Å². The van der Waals surface area contributed by atoms with Gasteiger partial charge in [-0.25, -0.2) is 10.2 Å². The number of nitrogens with zero attached hydrogens (tertiary/aromatic N) is 7. The summed E-state index contributed by atoms with van der Waals surface area (Å²) >= 11 is 0. The minimum atomic E-state index is -1.11. The van der Waals surface area contributed by atoms with E-state index in [2.05, 4.69) is 66.9 Å². The molecule has 5 amide bonds. The maximum absolute atomic E-state index is 14.7. The predicted molar refractivity (Wildman–Crippen MR) is 254 cm³/mol. The summed E-state index contributed by atoms with van der Waals surface area (Å²) in [6.07, 6.45) is 5.15. The highest BCUT2D eigenvalue weighted by molar-refractivity contribution is 5.96. The molecule has 3 aromatic heterocycles. The van der Waals surface area contributed by atoms with E-state index in [1.54, 1.807) is 30.2 Å². The largest absolute Gasteiger partial charge is 0.464 e. The summed E-state index contributed by atoms with van der Waals surface area (Å²) in [5, 5.41) is 5.50. The number of carbonyl (C=O) groups excluding carboxylic acids is 5. The smallest absolute Gasteiger partial charge is 0.324 e. The number of esters is 1. The molecule has 0 aliphatic carbocycles. The number of rotatable bonds is 9. The van der Waals surface area contributed by atoms with Gasteiger partial charge in [0.2, 0.25) is 11.8 Å². The highest BCUT2D eigenvalue weighted by Gasteiger charge is 2.57. The quantitative estimate of drug-likeness (QED) is 0.157. The number of hydrazine groups is 1. The zero-order valence-corrected chi connectivity index (χ0v) is 40.1. The van der Waals surface area contributed by atoms with Gasteiger partial charge in [-0.05, 0) is 93.5 Å². The molecule has 1 unspecified atom stereocenters. The van der Waals surface area contributed by atoms with Gasteiger partial charge in [-0.1, -0.05) is 46.4 Å². The number of benzene rings is 1. The Balaban J connectivity index is 1.16. The number of cyclic esters (lactones) is 1. The van der Waals surface area contributed by atoms with Crippen molar-refractivity contribution in [3.05, 3.63) is 84.3 Å². The van der Waals surface area contributed by atoms with E-state index in [0.29, 0.717) is 63.4 Å². The number of aromatic nitrogens is 3. The third-order valence-electron chi connectivity index (χ3n) is 14.1. The summed E-state index contributed by atoms with van der Waals surface area (Å²) < 4.78 is 14.3. The monoisotopic (exact) mass is 916 g/mol. The normalized spacial score (nSPS) is 21.2. The fourth-order valence-electron chi connectivity index (χ4n) is 10.4. The first-order valence-electron chi connectivity index (χ1n) is 23.6. The maximum Gasteiger partial charge on any atom is 0.324 e. The van der Waals surface area contributed by atoms with E-state index in [-0.39, 0.29) is 37.0 Å². The van der Waals surface area contributed by atoms with E-state index in [9.17, 15) is 24.0 Å². The second kappa shape index (κ2) is 18.9. The summed E-state index contributed by atoms with van der Waals surface area (Å²) in [5.41, 5.74) is 9.27. The van der Waals surface area contributed by atoms with Gasteiger partial charge in [0, 0.05) is 92.6 Å². The second-order valence-electron chi connectivity index (χ2n) is 19.8. The summed E-state index contributed by atoms with van der Waals surface area (Å²) in [6, 6.07) is 12.9. The fourth-order valence-corrected chi connectivity index (χ4v) is 10.4. The van der Waals surface area contributed by atoms with Crippen molar-refractivity contribution in [2.75, 3.05) is 46.9 Å². The van der Waals surface area contributed by atoms with Crippen LogP contribution in [0.25, 0.3) is 33.4 Å². The van der Waals surface area contributed by atoms with Crippen LogP contribution in [-0.2, 0) is 48.0 Å². The Hall–Kier alpha value is -6.13. The molecule has 3 fully saturated rings. The van der Waals surface area contributed by atoms with Crippen LogP contribution in [0.15, 0.2) is 67.4 Å². The van der Waals surface area contributed by atoms with E-state index in [1.807, 2.05) is 45.0 Å². The lowest BCUT2D eigenvalue weighted by atomic mass is 9.77. The van der Waals surface area contributed by atoms with Gasteiger partial charge in [-0.15, -0.1) is 0 Å². The van der Waals surface area contributed by atoms with E-state index >= 15 is 0 Å². The Morgan fingerprint density at radius 3 is 2.55 bits per heavy atom. The molecule has 6 bridgehead atoms. The molecule has 4 aromatic rings. The average Bonchev–Trinajstić information content (AvgIpc) is 3.60. The number of pyridine rings is 2. The number of hydrogen-bond acceptors (Lipinski definition) is 10. The number of nitrogens with one attached hydrogen (secondary N) is 2. The molecule has 7 heterocycles. The first-order valence-corrected chi connectivity index (χ1v) is 23.6. The minimum absolute atomic E-state index is 0.0378. The van der Waals surface area contributed by atoms with Crippen LogP contribution in [0.1, 0.15) is 83.9 Å². The average molecular weight is 916 g/mol. The van der Waals surface area contributed by atoms with Crippen molar-refractivity contribution in [2.45, 2.75) is 110 Å². The van der Waals surface area contributed by atoms with Crippen LogP contribution in [0.5, 0.6) is 0 Å². The number of aryl methyl sites for hydroxylation is 1. The SMILES string of the molecule is C=CC(=O)N1CC2(CCN2C(=O)N(C)[C@H](C(=O)N[C@H]2Cc3cccc(n3)-c3ccc4c(c3)c(c(-c3cccnc3[C@H](C)OC)n4CC)CC(C)(C)COC(=O)C3CCCN(N3)C2=O)C(C)C)C1. The van der Waals surface area contributed by atoms with Gasteiger partial charge >= 0.3 is 12.0 Å². The Morgan fingerprint density at radius 2 is 1.87 bits per heavy atom. The number of hydrogen-bond donors (Lipinski definition) is 2. The van der Waals surface area contributed by atoms with Gasteiger partial charge in [0.1, 0.15) is 18.1 Å². The molecule has 356 valence electrons. The molecule has 4 aliphatic rings. The van der Waals surface area contributed by atoms with Crippen LogP contribution in [0.4, 0.5) is 4.79 Å². The summed E-state index contributed by atoms with van der Waals surface area (Å²) in [4.78, 5) is 84.4. The van der Waals surface area contributed by atoms with Crippen molar-refractivity contribution >= 4 is 40.6 Å². The highest BCUT2D eigenvalue weighted by Crippen LogP contribution is 2.43. The van der Waals surface area contributed by atoms with Crippen LogP contribution in [0.2, 0.25) is 0 Å². The molecule has 16 heteroatoms. The van der Waals surface area contributed by atoms with Gasteiger partial charge in [0.15, 0.2) is 0 Å². The molecule has 4 aliphatic heterocycles. The van der Waals surface area contributed by atoms with Crippen LogP contribution >= 0.6 is 0 Å². The number of ether oxygens (including phenoxy) is 2. The van der Waals surface area contributed by atoms with Crippen molar-refractivity contribution in [1.29, 1.82) is 0 Å². The zero-order valence-electron chi connectivity index (χ0n) is 40.1. The molecule has 0 radical (unpaired) electrons. The fraction of sp³-hybridized carbons (Fsp3) is 0.510. The Bertz CT molecular complexity index is 2580. The van der Waals surface area contributed by atoms with Crippen molar-refractivity contribution in [2.24, 2.45) is 11.3 Å². The first kappa shape index (κ1) is 47.4. The standard InChI is InChI=1S/C51H65N9O7/c1-10-42(61)57-28-51(29-57)21-24-59(51)49(65)56(8)44(31(3)4)46(62)54-40-26-34-15-12-17-38(53-34)33-19-20-41-36(25-33)37(45(58(41)11-2)35-16-13-22-52-43(35)32(5)66-9)27-50(6,7)30-67-48(64)39-18-14-23-60(55-39)47(40)63/h10,12-13,15-17,19-20,22,25,31-32,39-40,44,55H,1,11,14,18,21,23-24,26-30H2,2-9H3,(H,54,62)/t32-,39?,40-,44-/m0/s1. The van der Waals surface area contributed by atoms with E-state index in [0.717, 1.165) is 45.4 Å². The molecule has 16 nitrogen and oxygen atoms in total. The third kappa shape index (κ3) is 9.05. The van der Waals surface area contributed by atoms with Crippen molar-refractivity contribution in [3.63, 3.8) is 0 Å². The Kier molecular flexibility index (Phi) is 13.3. The number of amides is 5. The van der Waals surface area contributed by atoms with Crippen LogP contribution < -0.4 is 10.7 Å². The van der Waals surface area contributed by atoms with Gasteiger partial charge in [-0.2, -0.15) is 0 Å². The van der Waals surface area contributed by atoms with Gasteiger partial charge in [0.25, 0.3) is 5.91 Å².